The lowest BCUT2D eigenvalue weighted by atomic mass is 10.1. The lowest BCUT2D eigenvalue weighted by molar-refractivity contribution is -0.135. The minimum absolute atomic E-state index is 0. The Morgan fingerprint density at radius 1 is 1.03 bits per heavy atom. The molecule has 3 heterocycles. The molecule has 3 saturated heterocycles. The van der Waals surface area contributed by atoms with E-state index in [0.29, 0.717) is 5.91 Å². The molecule has 3 fully saturated rings. The number of nitrogens with zero attached hydrogens (tertiary/aromatic N) is 5. The molecule has 1 unspecified atom stereocenters. The highest BCUT2D eigenvalue weighted by Crippen LogP contribution is 2.14. The van der Waals surface area contributed by atoms with E-state index >= 15 is 0 Å². The number of hydrogen-bond donors (Lipinski definition) is 2. The van der Waals surface area contributed by atoms with Crippen LogP contribution in [0.15, 0.2) is 4.99 Å². The van der Waals surface area contributed by atoms with Gasteiger partial charge in [0.05, 0.1) is 12.1 Å². The molecule has 2 N–H and O–H groups in total. The normalized spacial score (nSPS) is 23.0. The number of carbonyl (C=O) groups is 1. The van der Waals surface area contributed by atoms with Gasteiger partial charge in [0, 0.05) is 65.4 Å². The van der Waals surface area contributed by atoms with Crippen molar-refractivity contribution < 1.29 is 9.90 Å². The number of amides is 1. The fraction of sp³-hybridized carbons (Fsp3) is 0.909. The highest BCUT2D eigenvalue weighted by molar-refractivity contribution is 14.0. The van der Waals surface area contributed by atoms with Crippen molar-refractivity contribution in [2.75, 3.05) is 72.0 Å². The maximum absolute atomic E-state index is 12.7. The molecule has 0 aromatic carbocycles. The van der Waals surface area contributed by atoms with E-state index in [2.05, 4.69) is 33.9 Å². The van der Waals surface area contributed by atoms with E-state index in [1.165, 1.54) is 0 Å². The van der Waals surface area contributed by atoms with Crippen molar-refractivity contribution in [3.8, 4) is 0 Å². The summed E-state index contributed by atoms with van der Waals surface area (Å²) in [5.41, 5.74) is 0. The van der Waals surface area contributed by atoms with Gasteiger partial charge in [0.25, 0.3) is 0 Å². The molecular weight excluding hydrogens is 507 g/mol. The number of hydrogen-bond acceptors (Lipinski definition) is 5. The van der Waals surface area contributed by atoms with Gasteiger partial charge in [-0.15, -0.1) is 24.0 Å². The molecule has 8 nitrogen and oxygen atoms in total. The van der Waals surface area contributed by atoms with Crippen molar-refractivity contribution in [2.24, 2.45) is 4.99 Å². The van der Waals surface area contributed by atoms with Crippen LogP contribution >= 0.6 is 24.0 Å². The van der Waals surface area contributed by atoms with Gasteiger partial charge < -0.3 is 25.1 Å². The van der Waals surface area contributed by atoms with E-state index in [9.17, 15) is 9.90 Å². The van der Waals surface area contributed by atoms with Crippen LogP contribution in [-0.2, 0) is 4.79 Å². The Morgan fingerprint density at radius 3 is 2.29 bits per heavy atom. The summed E-state index contributed by atoms with van der Waals surface area (Å²) in [6.45, 7) is 14.4. The molecule has 0 saturated carbocycles. The molecule has 0 spiro atoms. The van der Waals surface area contributed by atoms with Gasteiger partial charge in [0.2, 0.25) is 5.91 Å². The molecule has 0 aromatic heterocycles. The summed E-state index contributed by atoms with van der Waals surface area (Å²) >= 11 is 0. The van der Waals surface area contributed by atoms with Crippen LogP contribution in [0, 0.1) is 0 Å². The van der Waals surface area contributed by atoms with Gasteiger partial charge in [0.15, 0.2) is 5.96 Å². The first-order valence-corrected chi connectivity index (χ1v) is 12.0. The van der Waals surface area contributed by atoms with Crippen molar-refractivity contribution >= 4 is 35.8 Å². The van der Waals surface area contributed by atoms with Crippen molar-refractivity contribution in [1.29, 1.82) is 0 Å². The number of nitrogens with one attached hydrogen (secondary N) is 1. The molecule has 1 atom stereocenters. The number of piperidine rings is 1. The van der Waals surface area contributed by atoms with E-state index in [0.717, 1.165) is 110 Å². The highest BCUT2D eigenvalue weighted by Gasteiger charge is 2.30. The third-order valence-electron chi connectivity index (χ3n) is 6.72. The number of guanidine groups is 1. The SMILES string of the molecule is CCNC(=NCCCN1CCC(O)CC1)N1CCN(C(C)C(=O)N2CCCC2)CC1.I. The zero-order chi connectivity index (χ0) is 21.3. The minimum Gasteiger partial charge on any atom is -0.393 e. The second-order valence-corrected chi connectivity index (χ2v) is 8.89. The van der Waals surface area contributed by atoms with Gasteiger partial charge in [-0.05, 0) is 52.5 Å². The number of carbonyl (C=O) groups excluding carboxylic acids is 1. The Bertz CT molecular complexity index is 556. The summed E-state index contributed by atoms with van der Waals surface area (Å²) in [5.74, 6) is 1.30. The topological polar surface area (TPSA) is 74.6 Å². The lowest BCUT2D eigenvalue weighted by Crippen LogP contribution is -2.57. The Hall–Kier alpha value is -0.650. The van der Waals surface area contributed by atoms with Crippen molar-refractivity contribution in [3.63, 3.8) is 0 Å². The summed E-state index contributed by atoms with van der Waals surface area (Å²) in [7, 11) is 0. The number of aliphatic hydroxyl groups is 1. The molecule has 3 aliphatic heterocycles. The maximum atomic E-state index is 12.7. The predicted octanol–water partition coefficient (Wildman–Crippen LogP) is 1.05. The van der Waals surface area contributed by atoms with Crippen LogP contribution in [0.25, 0.3) is 0 Å². The van der Waals surface area contributed by atoms with E-state index in [1.807, 2.05) is 4.90 Å². The molecule has 0 bridgehead atoms. The number of likely N-dealkylation sites (tertiary alicyclic amines) is 2. The van der Waals surface area contributed by atoms with Crippen LogP contribution in [0.1, 0.15) is 46.0 Å². The fourth-order valence-corrected chi connectivity index (χ4v) is 4.73. The first-order valence-electron chi connectivity index (χ1n) is 12.0. The Morgan fingerprint density at radius 2 is 1.68 bits per heavy atom. The number of aliphatic imine (C=N–C) groups is 1. The highest BCUT2D eigenvalue weighted by atomic mass is 127. The summed E-state index contributed by atoms with van der Waals surface area (Å²) in [5, 5.41) is 13.1. The van der Waals surface area contributed by atoms with Crippen molar-refractivity contribution in [2.45, 2.75) is 58.1 Å². The van der Waals surface area contributed by atoms with Crippen molar-refractivity contribution in [1.82, 2.24) is 24.9 Å². The van der Waals surface area contributed by atoms with E-state index in [-0.39, 0.29) is 36.1 Å². The fourth-order valence-electron chi connectivity index (χ4n) is 4.73. The Balaban J connectivity index is 0.00000341. The summed E-state index contributed by atoms with van der Waals surface area (Å²) in [6.07, 6.45) is 5.03. The van der Waals surface area contributed by atoms with Crippen LogP contribution in [0.5, 0.6) is 0 Å². The molecule has 0 aromatic rings. The van der Waals surface area contributed by atoms with Crippen LogP contribution in [0.4, 0.5) is 0 Å². The predicted molar refractivity (Wildman–Crippen MR) is 136 cm³/mol. The smallest absolute Gasteiger partial charge is 0.239 e. The third kappa shape index (κ3) is 8.01. The van der Waals surface area contributed by atoms with Crippen LogP contribution in [0.2, 0.25) is 0 Å². The van der Waals surface area contributed by atoms with Gasteiger partial charge in [-0.2, -0.15) is 0 Å². The molecule has 1 amide bonds. The van der Waals surface area contributed by atoms with Crippen LogP contribution in [0.3, 0.4) is 0 Å². The lowest BCUT2D eigenvalue weighted by Gasteiger charge is -2.39. The van der Waals surface area contributed by atoms with Gasteiger partial charge in [-0.1, -0.05) is 0 Å². The molecule has 3 rings (SSSR count). The van der Waals surface area contributed by atoms with Gasteiger partial charge >= 0.3 is 0 Å². The number of piperazine rings is 1. The third-order valence-corrected chi connectivity index (χ3v) is 6.72. The minimum atomic E-state index is -0.105. The molecule has 3 aliphatic rings. The zero-order valence-electron chi connectivity index (χ0n) is 19.5. The maximum Gasteiger partial charge on any atom is 0.239 e. The summed E-state index contributed by atoms with van der Waals surface area (Å²) in [6, 6.07) is -0.0205. The summed E-state index contributed by atoms with van der Waals surface area (Å²) < 4.78 is 0. The number of halogens is 1. The monoisotopic (exact) mass is 550 g/mol. The average molecular weight is 551 g/mol. The average Bonchev–Trinajstić information content (AvgIpc) is 3.31. The van der Waals surface area contributed by atoms with Gasteiger partial charge in [-0.3, -0.25) is 14.7 Å². The molecule has 9 heteroatoms. The first-order chi connectivity index (χ1) is 14.6. The molecule has 31 heavy (non-hydrogen) atoms. The first kappa shape index (κ1) is 26.6. The standard InChI is InChI=1S/C22H42N6O2.HI/c1-3-23-22(24-9-6-10-25-13-7-20(29)8-14-25)28-17-15-26(16-18-28)19(2)21(30)27-11-4-5-12-27;/h19-20,29H,3-18H2,1-2H3,(H,23,24);1H. The molecule has 0 aliphatic carbocycles. The molecule has 180 valence electrons. The molecular formula is C22H43IN6O2. The Kier molecular flexibility index (Phi) is 11.8. The van der Waals surface area contributed by atoms with Crippen LogP contribution in [-0.4, -0.2) is 121 Å². The largest absolute Gasteiger partial charge is 0.393 e. The van der Waals surface area contributed by atoms with E-state index in [1.54, 1.807) is 0 Å². The zero-order valence-corrected chi connectivity index (χ0v) is 21.8. The second kappa shape index (κ2) is 13.8. The van der Waals surface area contributed by atoms with Gasteiger partial charge in [0.1, 0.15) is 0 Å². The van der Waals surface area contributed by atoms with E-state index < -0.39 is 0 Å². The Labute approximate surface area is 205 Å². The van der Waals surface area contributed by atoms with E-state index in [4.69, 9.17) is 4.99 Å². The van der Waals surface area contributed by atoms with Gasteiger partial charge in [-0.25, -0.2) is 0 Å². The summed E-state index contributed by atoms with van der Waals surface area (Å²) in [4.78, 5) is 26.7. The van der Waals surface area contributed by atoms with Crippen LogP contribution < -0.4 is 5.32 Å². The number of aliphatic hydroxyl groups excluding tert-OH is 1. The molecule has 0 radical (unpaired) electrons. The second-order valence-electron chi connectivity index (χ2n) is 8.89. The quantitative estimate of drug-likeness (QED) is 0.214. The number of rotatable bonds is 7. The van der Waals surface area contributed by atoms with Crippen molar-refractivity contribution in [3.05, 3.63) is 0 Å².